The zero-order chi connectivity index (χ0) is 10.7. The fourth-order valence-electron chi connectivity index (χ4n) is 1.16. The van der Waals surface area contributed by atoms with Crippen LogP contribution in [0.25, 0.3) is 10.9 Å². The Hall–Kier alpha value is -2.24. The van der Waals surface area contributed by atoms with Gasteiger partial charge in [0, 0.05) is 5.39 Å². The Balaban J connectivity index is 2.47. The Bertz CT molecular complexity index is 503. The monoisotopic (exact) mass is 204 g/mol. The molecule has 0 aliphatic rings. The molecule has 76 valence electrons. The number of hydrogen-bond acceptors (Lipinski definition) is 5. The Labute approximate surface area is 85.4 Å². The Morgan fingerprint density at radius 3 is 3.00 bits per heavy atom. The van der Waals surface area contributed by atoms with E-state index < -0.39 is 0 Å². The molecule has 0 atom stereocenters. The van der Waals surface area contributed by atoms with Gasteiger partial charge in [0.2, 0.25) is 5.28 Å². The van der Waals surface area contributed by atoms with Crippen molar-refractivity contribution in [2.75, 3.05) is 7.05 Å². The lowest BCUT2D eigenvalue weighted by atomic mass is 10.2. The smallest absolute Gasteiger partial charge is 0.205 e. The van der Waals surface area contributed by atoms with Crippen LogP contribution < -0.4 is 4.84 Å². The average Bonchev–Trinajstić information content (AvgIpc) is 2.26. The molecule has 0 spiro atoms. The largest absolute Gasteiger partial charge is 0.598 e. The van der Waals surface area contributed by atoms with Crippen LogP contribution in [-0.4, -0.2) is 22.1 Å². The summed E-state index contributed by atoms with van der Waals surface area (Å²) in [5, 5.41) is 22.2. The van der Waals surface area contributed by atoms with E-state index in [9.17, 15) is 5.21 Å². The fourth-order valence-corrected chi connectivity index (χ4v) is 1.16. The van der Waals surface area contributed by atoms with Crippen molar-refractivity contribution in [1.29, 1.82) is 0 Å². The molecule has 2 rings (SSSR count). The first kappa shape index (κ1) is 9.32. The molecule has 0 bridgehead atoms. The molecule has 0 saturated carbocycles. The highest BCUT2D eigenvalue weighted by Gasteiger charge is 2.03. The van der Waals surface area contributed by atoms with E-state index in [1.165, 1.54) is 13.2 Å². The van der Waals surface area contributed by atoms with E-state index in [-0.39, 0.29) is 0 Å². The lowest BCUT2D eigenvalue weighted by molar-refractivity contribution is -0.522. The highest BCUT2D eigenvalue weighted by molar-refractivity contribution is 5.83. The second-order valence-electron chi connectivity index (χ2n) is 2.86. The molecule has 0 aliphatic carbocycles. The maximum atomic E-state index is 10.5. The highest BCUT2D eigenvalue weighted by atomic mass is 16.7. The van der Waals surface area contributed by atoms with Crippen LogP contribution in [0.4, 0.5) is 0 Å². The third kappa shape index (κ3) is 1.98. The molecule has 0 unspecified atom stereocenters. The van der Waals surface area contributed by atoms with Crippen LogP contribution in [-0.2, 0) is 0 Å². The molecule has 0 radical (unpaired) electrons. The quantitative estimate of drug-likeness (QED) is 0.422. The van der Waals surface area contributed by atoms with Gasteiger partial charge in [0.15, 0.2) is 12.8 Å². The van der Waals surface area contributed by atoms with E-state index in [1.807, 2.05) is 18.2 Å². The van der Waals surface area contributed by atoms with Crippen LogP contribution in [0.1, 0.15) is 0 Å². The van der Waals surface area contributed by atoms with Crippen LogP contribution >= 0.6 is 0 Å². The maximum absolute atomic E-state index is 10.5. The summed E-state index contributed by atoms with van der Waals surface area (Å²) in [6.45, 7) is 0. The van der Waals surface area contributed by atoms with Gasteiger partial charge in [0.05, 0.1) is 11.7 Å². The minimum Gasteiger partial charge on any atom is -0.598 e. The molecular weight excluding hydrogens is 196 g/mol. The summed E-state index contributed by atoms with van der Waals surface area (Å²) in [5.41, 5.74) is 0.693. The molecule has 15 heavy (non-hydrogen) atoms. The zero-order valence-electron chi connectivity index (χ0n) is 7.99. The zero-order valence-corrected chi connectivity index (χ0v) is 7.99. The molecule has 0 fully saturated rings. The van der Waals surface area contributed by atoms with Crippen LogP contribution in [0.2, 0.25) is 0 Å². The van der Waals surface area contributed by atoms with E-state index in [4.69, 9.17) is 4.84 Å². The molecule has 0 amide bonds. The van der Waals surface area contributed by atoms with Gasteiger partial charge < -0.3 is 10.0 Å². The summed E-state index contributed by atoms with van der Waals surface area (Å²) in [7, 11) is 1.23. The number of benzene rings is 1. The first-order valence-corrected chi connectivity index (χ1v) is 4.26. The topological polar surface area (TPSA) is 73.4 Å². The van der Waals surface area contributed by atoms with Gasteiger partial charge in [0.25, 0.3) is 0 Å². The van der Waals surface area contributed by atoms with Crippen LogP contribution in [0, 0.1) is 5.21 Å². The fraction of sp³-hybridized carbons (Fsp3) is 0.111. The molecule has 1 heterocycles. The van der Waals surface area contributed by atoms with Gasteiger partial charge in [-0.2, -0.15) is 10.2 Å². The number of hydroxylamine groups is 1. The van der Waals surface area contributed by atoms with Crippen molar-refractivity contribution in [1.82, 2.24) is 10.2 Å². The minimum absolute atomic E-state index is 0.329. The summed E-state index contributed by atoms with van der Waals surface area (Å²) in [6, 6.07) is 7.31. The van der Waals surface area contributed by atoms with Gasteiger partial charge in [0.1, 0.15) is 0 Å². The standard InChI is InChI=1S/C9H8N4O2/c1-13(14)12-15-9-6-10-11-8-5-3-2-4-7(8)9/h2-6H,1H3. The molecule has 0 saturated heterocycles. The summed E-state index contributed by atoms with van der Waals surface area (Å²) in [4.78, 5) is 5.25. The molecule has 0 aliphatic heterocycles. The number of rotatable bonds is 2. The van der Waals surface area contributed by atoms with Crippen molar-refractivity contribution < 1.29 is 9.70 Å². The predicted molar refractivity (Wildman–Crippen MR) is 52.1 cm³/mol. The number of hydrogen-bond donors (Lipinski definition) is 0. The average molecular weight is 204 g/mol. The molecule has 0 N–H and O–H groups in total. The van der Waals surface area contributed by atoms with Crippen LogP contribution in [0.3, 0.4) is 0 Å². The van der Waals surface area contributed by atoms with Gasteiger partial charge in [-0.15, -0.1) is 0 Å². The van der Waals surface area contributed by atoms with Crippen molar-refractivity contribution in [3.8, 4) is 5.75 Å². The van der Waals surface area contributed by atoms with Crippen molar-refractivity contribution in [3.63, 3.8) is 0 Å². The Morgan fingerprint density at radius 1 is 1.40 bits per heavy atom. The third-order valence-electron chi connectivity index (χ3n) is 1.76. The van der Waals surface area contributed by atoms with E-state index in [0.29, 0.717) is 16.1 Å². The van der Waals surface area contributed by atoms with E-state index in [0.717, 1.165) is 5.39 Å². The van der Waals surface area contributed by atoms with Crippen LogP contribution in [0.15, 0.2) is 35.7 Å². The van der Waals surface area contributed by atoms with Gasteiger partial charge in [-0.05, 0) is 12.1 Å². The minimum atomic E-state index is 0.329. The first-order chi connectivity index (χ1) is 7.27. The Kier molecular flexibility index (Phi) is 2.40. The molecule has 6 nitrogen and oxygen atoms in total. The van der Waals surface area contributed by atoms with Gasteiger partial charge in [-0.3, -0.25) is 0 Å². The van der Waals surface area contributed by atoms with Crippen molar-refractivity contribution in [2.45, 2.75) is 0 Å². The number of aromatic nitrogens is 2. The Morgan fingerprint density at radius 2 is 2.20 bits per heavy atom. The van der Waals surface area contributed by atoms with Gasteiger partial charge in [-0.1, -0.05) is 17.0 Å². The number of fused-ring (bicyclic) bond motifs is 1. The van der Waals surface area contributed by atoms with Crippen molar-refractivity contribution in [3.05, 3.63) is 35.7 Å². The lowest BCUT2D eigenvalue weighted by Gasteiger charge is -1.99. The molecular formula is C9H8N4O2. The lowest BCUT2D eigenvalue weighted by Crippen LogP contribution is -1.95. The first-order valence-electron chi connectivity index (χ1n) is 4.26. The molecule has 2 aromatic rings. The highest BCUT2D eigenvalue weighted by Crippen LogP contribution is 2.21. The second kappa shape index (κ2) is 3.87. The molecule has 6 heteroatoms. The second-order valence-corrected chi connectivity index (χ2v) is 2.86. The van der Waals surface area contributed by atoms with Gasteiger partial charge >= 0.3 is 0 Å². The maximum Gasteiger partial charge on any atom is 0.205 e. The SMILES string of the molecule is C[N+]([O-])=NOc1cnnc2ccccc12. The number of nitrogens with zero attached hydrogens (tertiary/aromatic N) is 4. The summed E-state index contributed by atoms with van der Waals surface area (Å²) in [5.74, 6) is 0.406. The summed E-state index contributed by atoms with van der Waals surface area (Å²) >= 11 is 0. The van der Waals surface area contributed by atoms with Crippen molar-refractivity contribution in [2.24, 2.45) is 5.28 Å². The molecule has 1 aromatic heterocycles. The summed E-state index contributed by atoms with van der Waals surface area (Å²) < 4.78 is 0. The van der Waals surface area contributed by atoms with E-state index in [1.54, 1.807) is 6.07 Å². The summed E-state index contributed by atoms with van der Waals surface area (Å²) in [6.07, 6.45) is 1.41. The normalized spacial score (nSPS) is 11.7. The predicted octanol–water partition coefficient (Wildman–Crippen LogP) is 1.52. The van der Waals surface area contributed by atoms with Crippen LogP contribution in [0.5, 0.6) is 5.75 Å². The van der Waals surface area contributed by atoms with Crippen molar-refractivity contribution >= 4 is 10.9 Å². The van der Waals surface area contributed by atoms with E-state index >= 15 is 0 Å². The van der Waals surface area contributed by atoms with Gasteiger partial charge in [-0.25, -0.2) is 0 Å². The molecule has 1 aromatic carbocycles. The third-order valence-corrected chi connectivity index (χ3v) is 1.76. The van der Waals surface area contributed by atoms with E-state index in [2.05, 4.69) is 15.5 Å².